The number of nitrogens with zero attached hydrogens (tertiary/aromatic N) is 2. The summed E-state index contributed by atoms with van der Waals surface area (Å²) in [7, 11) is 0. The molecule has 2 aromatic carbocycles. The van der Waals surface area contributed by atoms with Crippen LogP contribution in [0.15, 0.2) is 48.0 Å². The monoisotopic (exact) mass is 349 g/mol. The summed E-state index contributed by atoms with van der Waals surface area (Å²) in [6.45, 7) is 5.67. The molecule has 0 saturated heterocycles. The smallest absolute Gasteiger partial charge is 0.273 e. The van der Waals surface area contributed by atoms with Crippen molar-refractivity contribution in [2.75, 3.05) is 5.32 Å². The van der Waals surface area contributed by atoms with Gasteiger partial charge in [-0.05, 0) is 36.6 Å². The molecule has 0 bridgehead atoms. The first-order valence-corrected chi connectivity index (χ1v) is 8.10. The van der Waals surface area contributed by atoms with Gasteiger partial charge in [-0.3, -0.25) is 14.9 Å². The molecule has 0 aliphatic rings. The normalized spacial score (nSPS) is 11.1. The fourth-order valence-electron chi connectivity index (χ4n) is 2.45. The van der Waals surface area contributed by atoms with Crippen LogP contribution >= 0.6 is 0 Å². The van der Waals surface area contributed by atoms with Crippen molar-refractivity contribution in [3.8, 4) is 6.07 Å². The third-order valence-electron chi connectivity index (χ3n) is 3.86. The average Bonchev–Trinajstić information content (AvgIpc) is 2.61. The Labute approximate surface area is 151 Å². The lowest BCUT2D eigenvalue weighted by Gasteiger charge is -2.08. The molecule has 0 unspecified atom stereocenters. The molecule has 0 radical (unpaired) electrons. The maximum Gasteiger partial charge on any atom is 0.273 e. The molecular formula is C20H19N3O3. The number of anilines is 1. The Morgan fingerprint density at radius 1 is 1.23 bits per heavy atom. The molecule has 6 heteroatoms. The highest BCUT2D eigenvalue weighted by molar-refractivity contribution is 6.09. The predicted molar refractivity (Wildman–Crippen MR) is 101 cm³/mol. The van der Waals surface area contributed by atoms with Crippen LogP contribution in [-0.4, -0.2) is 10.8 Å². The number of rotatable bonds is 5. The quantitative estimate of drug-likeness (QED) is 0.370. The lowest BCUT2D eigenvalue weighted by Crippen LogP contribution is -2.13. The highest BCUT2D eigenvalue weighted by atomic mass is 16.6. The SMILES string of the molecule is Cc1ccc(NC(=O)/C(C#N)=C/c2ccc(C(C)C)c([N+](=O)[O-])c2)cc1. The average molecular weight is 349 g/mol. The number of nitriles is 1. The zero-order valence-electron chi connectivity index (χ0n) is 14.8. The van der Waals surface area contributed by atoms with Crippen LogP contribution in [0.25, 0.3) is 6.08 Å². The van der Waals surface area contributed by atoms with Crippen molar-refractivity contribution in [1.29, 1.82) is 5.26 Å². The summed E-state index contributed by atoms with van der Waals surface area (Å²) in [6, 6.07) is 13.7. The van der Waals surface area contributed by atoms with Crippen molar-refractivity contribution in [2.45, 2.75) is 26.7 Å². The molecule has 1 amide bonds. The Bertz CT molecular complexity index is 907. The molecule has 0 aliphatic carbocycles. The zero-order valence-corrected chi connectivity index (χ0v) is 14.8. The maximum atomic E-state index is 12.3. The van der Waals surface area contributed by atoms with Crippen molar-refractivity contribution in [2.24, 2.45) is 0 Å². The summed E-state index contributed by atoms with van der Waals surface area (Å²) in [6.07, 6.45) is 1.35. The van der Waals surface area contributed by atoms with Gasteiger partial charge in [0, 0.05) is 17.3 Å². The van der Waals surface area contributed by atoms with Crippen molar-refractivity contribution < 1.29 is 9.72 Å². The topological polar surface area (TPSA) is 96.0 Å². The molecule has 26 heavy (non-hydrogen) atoms. The van der Waals surface area contributed by atoms with E-state index in [1.807, 2.05) is 39.0 Å². The fourth-order valence-corrected chi connectivity index (χ4v) is 2.45. The number of carbonyl (C=O) groups excluding carboxylic acids is 1. The fraction of sp³-hybridized carbons (Fsp3) is 0.200. The number of nitro benzene ring substituents is 1. The number of hydrogen-bond donors (Lipinski definition) is 1. The van der Waals surface area contributed by atoms with Gasteiger partial charge < -0.3 is 5.32 Å². The lowest BCUT2D eigenvalue weighted by molar-refractivity contribution is -0.385. The van der Waals surface area contributed by atoms with Gasteiger partial charge in [-0.25, -0.2) is 0 Å². The largest absolute Gasteiger partial charge is 0.321 e. The van der Waals surface area contributed by atoms with Gasteiger partial charge in [-0.2, -0.15) is 5.26 Å². The third-order valence-corrected chi connectivity index (χ3v) is 3.86. The van der Waals surface area contributed by atoms with Gasteiger partial charge >= 0.3 is 0 Å². The first kappa shape index (κ1) is 18.9. The number of benzene rings is 2. The van der Waals surface area contributed by atoms with Crippen LogP contribution in [-0.2, 0) is 4.79 Å². The van der Waals surface area contributed by atoms with Gasteiger partial charge in [0.1, 0.15) is 11.6 Å². The zero-order chi connectivity index (χ0) is 19.3. The molecule has 132 valence electrons. The van der Waals surface area contributed by atoms with E-state index in [0.717, 1.165) is 5.56 Å². The van der Waals surface area contributed by atoms with Crippen molar-refractivity contribution in [1.82, 2.24) is 0 Å². The van der Waals surface area contributed by atoms with Gasteiger partial charge in [-0.15, -0.1) is 0 Å². The van der Waals surface area contributed by atoms with E-state index in [-0.39, 0.29) is 17.2 Å². The third kappa shape index (κ3) is 4.54. The van der Waals surface area contributed by atoms with E-state index in [2.05, 4.69) is 5.32 Å². The molecule has 1 N–H and O–H groups in total. The van der Waals surface area contributed by atoms with E-state index < -0.39 is 10.8 Å². The summed E-state index contributed by atoms with van der Waals surface area (Å²) in [5, 5.41) is 23.2. The second kappa shape index (κ2) is 8.08. The van der Waals surface area contributed by atoms with E-state index in [0.29, 0.717) is 16.8 Å². The summed E-state index contributed by atoms with van der Waals surface area (Å²) < 4.78 is 0. The number of amides is 1. The highest BCUT2D eigenvalue weighted by Gasteiger charge is 2.17. The Balaban J connectivity index is 2.31. The van der Waals surface area contributed by atoms with E-state index in [1.54, 1.807) is 24.3 Å². The van der Waals surface area contributed by atoms with Gasteiger partial charge in [0.25, 0.3) is 11.6 Å². The van der Waals surface area contributed by atoms with Crippen molar-refractivity contribution in [3.63, 3.8) is 0 Å². The highest BCUT2D eigenvalue weighted by Crippen LogP contribution is 2.28. The minimum absolute atomic E-state index is 0.00583. The Hall–Kier alpha value is -3.46. The van der Waals surface area contributed by atoms with Crippen LogP contribution in [0.3, 0.4) is 0 Å². The number of aryl methyl sites for hydroxylation is 1. The molecule has 0 aromatic heterocycles. The first-order valence-electron chi connectivity index (χ1n) is 8.10. The van der Waals surface area contributed by atoms with Crippen LogP contribution in [0, 0.1) is 28.4 Å². The van der Waals surface area contributed by atoms with Crippen LogP contribution in [0.2, 0.25) is 0 Å². The molecule has 2 aromatic rings. The second-order valence-corrected chi connectivity index (χ2v) is 6.22. The van der Waals surface area contributed by atoms with E-state index in [4.69, 9.17) is 0 Å². The molecule has 0 heterocycles. The van der Waals surface area contributed by atoms with Gasteiger partial charge in [0.2, 0.25) is 0 Å². The van der Waals surface area contributed by atoms with Crippen LogP contribution < -0.4 is 5.32 Å². The minimum atomic E-state index is -0.563. The minimum Gasteiger partial charge on any atom is -0.321 e. The Morgan fingerprint density at radius 2 is 1.88 bits per heavy atom. The molecule has 0 aliphatic heterocycles. The van der Waals surface area contributed by atoms with Crippen molar-refractivity contribution >= 4 is 23.4 Å². The molecule has 2 rings (SSSR count). The molecule has 0 saturated carbocycles. The standard InChI is InChI=1S/C20H19N3O3/c1-13(2)18-9-6-15(11-19(18)23(25)26)10-16(12-21)20(24)22-17-7-4-14(3)5-8-17/h4-11,13H,1-3H3,(H,22,24)/b16-10+. The van der Waals surface area contributed by atoms with Gasteiger partial charge in [0.05, 0.1) is 4.92 Å². The summed E-state index contributed by atoms with van der Waals surface area (Å²) in [5.41, 5.74) is 2.51. The summed E-state index contributed by atoms with van der Waals surface area (Å²) in [5.74, 6) is -0.569. The first-order chi connectivity index (χ1) is 12.3. The number of nitro groups is 1. The van der Waals surface area contributed by atoms with Crippen LogP contribution in [0.4, 0.5) is 11.4 Å². The number of carbonyl (C=O) groups is 1. The Kier molecular flexibility index (Phi) is 5.86. The van der Waals surface area contributed by atoms with Crippen molar-refractivity contribution in [3.05, 3.63) is 74.8 Å². The van der Waals surface area contributed by atoms with Gasteiger partial charge in [0.15, 0.2) is 0 Å². The van der Waals surface area contributed by atoms with E-state index >= 15 is 0 Å². The summed E-state index contributed by atoms with van der Waals surface area (Å²) >= 11 is 0. The second-order valence-electron chi connectivity index (χ2n) is 6.22. The van der Waals surface area contributed by atoms with E-state index in [9.17, 15) is 20.2 Å². The summed E-state index contributed by atoms with van der Waals surface area (Å²) in [4.78, 5) is 23.1. The number of hydrogen-bond acceptors (Lipinski definition) is 4. The molecule has 0 fully saturated rings. The van der Waals surface area contributed by atoms with E-state index in [1.165, 1.54) is 12.1 Å². The van der Waals surface area contributed by atoms with Gasteiger partial charge in [-0.1, -0.05) is 43.7 Å². The lowest BCUT2D eigenvalue weighted by atomic mass is 9.98. The maximum absolute atomic E-state index is 12.3. The molecule has 6 nitrogen and oxygen atoms in total. The molecular weight excluding hydrogens is 330 g/mol. The van der Waals surface area contributed by atoms with Crippen LogP contribution in [0.1, 0.15) is 36.5 Å². The molecule has 0 atom stereocenters. The molecule has 0 spiro atoms. The number of nitrogens with one attached hydrogen (secondary N) is 1. The van der Waals surface area contributed by atoms with Crippen LogP contribution in [0.5, 0.6) is 0 Å². The predicted octanol–water partition coefficient (Wildman–Crippen LogP) is 4.57. The Morgan fingerprint density at radius 3 is 2.42 bits per heavy atom.